The van der Waals surface area contributed by atoms with Crippen molar-refractivity contribution in [2.24, 2.45) is 4.99 Å². The maximum atomic E-state index is 10.7. The standard InChI is InChI=1S/C18H16BrN3O2S/c1-18(2)16(11-12-3-5-13(19)6-4-12)25-17(21-18)20-14-7-9-15(10-8-14)22(23)24/h3-11H,1-2H3,(H,20,21)/b16-11-. The number of aliphatic imine (C=N–C) groups is 1. The van der Waals surface area contributed by atoms with Gasteiger partial charge in [-0.1, -0.05) is 39.8 Å². The van der Waals surface area contributed by atoms with Crippen LogP contribution in [-0.2, 0) is 0 Å². The second-order valence-electron chi connectivity index (χ2n) is 6.07. The van der Waals surface area contributed by atoms with Crippen molar-refractivity contribution in [2.75, 3.05) is 5.32 Å². The molecule has 0 atom stereocenters. The summed E-state index contributed by atoms with van der Waals surface area (Å²) in [5, 5.41) is 14.7. The second-order valence-corrected chi connectivity index (χ2v) is 8.01. The Balaban J connectivity index is 1.76. The van der Waals surface area contributed by atoms with E-state index in [-0.39, 0.29) is 11.2 Å². The molecule has 0 radical (unpaired) electrons. The van der Waals surface area contributed by atoms with Crippen molar-refractivity contribution >= 4 is 50.3 Å². The highest BCUT2D eigenvalue weighted by Gasteiger charge is 2.31. The van der Waals surface area contributed by atoms with Crippen LogP contribution in [0.2, 0.25) is 0 Å². The molecule has 2 aromatic carbocycles. The van der Waals surface area contributed by atoms with Gasteiger partial charge in [0.05, 0.1) is 10.5 Å². The van der Waals surface area contributed by atoms with Gasteiger partial charge >= 0.3 is 0 Å². The van der Waals surface area contributed by atoms with Crippen LogP contribution in [0.25, 0.3) is 6.08 Å². The molecule has 5 nitrogen and oxygen atoms in total. The van der Waals surface area contributed by atoms with E-state index in [0.29, 0.717) is 0 Å². The highest BCUT2D eigenvalue weighted by molar-refractivity contribution is 9.10. The molecule has 0 spiro atoms. The van der Waals surface area contributed by atoms with E-state index in [1.54, 1.807) is 23.9 Å². The number of hydrogen-bond acceptors (Lipinski definition) is 5. The summed E-state index contributed by atoms with van der Waals surface area (Å²) in [6.45, 7) is 4.13. The average Bonchev–Trinajstić information content (AvgIpc) is 2.83. The van der Waals surface area contributed by atoms with Crippen LogP contribution in [0.15, 0.2) is 62.9 Å². The SMILES string of the molecule is CC1(C)N=C(Nc2ccc([N+](=O)[O-])cc2)S/C1=C\c1ccc(Br)cc1. The molecule has 0 amide bonds. The average molecular weight is 418 g/mol. The number of thioether (sulfide) groups is 1. The van der Waals surface area contributed by atoms with Gasteiger partial charge in [-0.3, -0.25) is 15.1 Å². The number of amidine groups is 1. The fourth-order valence-corrected chi connectivity index (χ4v) is 3.73. The first-order chi connectivity index (χ1) is 11.8. The van der Waals surface area contributed by atoms with E-state index in [2.05, 4.69) is 53.3 Å². The van der Waals surface area contributed by atoms with Crippen LogP contribution in [0.3, 0.4) is 0 Å². The molecule has 0 bridgehead atoms. The minimum Gasteiger partial charge on any atom is -0.335 e. The van der Waals surface area contributed by atoms with E-state index < -0.39 is 4.92 Å². The van der Waals surface area contributed by atoms with E-state index in [0.717, 1.165) is 25.8 Å². The zero-order chi connectivity index (χ0) is 18.0. The summed E-state index contributed by atoms with van der Waals surface area (Å²) < 4.78 is 1.05. The van der Waals surface area contributed by atoms with Gasteiger partial charge in [-0.05, 0) is 49.8 Å². The van der Waals surface area contributed by atoms with Crippen molar-refractivity contribution in [3.05, 3.63) is 73.6 Å². The number of hydrogen-bond donors (Lipinski definition) is 1. The highest BCUT2D eigenvalue weighted by atomic mass is 79.9. The molecular formula is C18H16BrN3O2S. The van der Waals surface area contributed by atoms with Crippen LogP contribution in [0.5, 0.6) is 0 Å². The van der Waals surface area contributed by atoms with E-state index >= 15 is 0 Å². The summed E-state index contributed by atoms with van der Waals surface area (Å²) in [5.74, 6) is 0. The van der Waals surface area contributed by atoms with Gasteiger partial charge in [0, 0.05) is 27.2 Å². The molecule has 0 saturated heterocycles. The first kappa shape index (κ1) is 17.7. The fourth-order valence-electron chi connectivity index (χ4n) is 2.32. The monoisotopic (exact) mass is 417 g/mol. The summed E-state index contributed by atoms with van der Waals surface area (Å²) in [4.78, 5) is 16.2. The van der Waals surface area contributed by atoms with Crippen LogP contribution in [0, 0.1) is 10.1 Å². The van der Waals surface area contributed by atoms with Crippen molar-refractivity contribution < 1.29 is 4.92 Å². The van der Waals surface area contributed by atoms with Crippen LogP contribution < -0.4 is 5.32 Å². The van der Waals surface area contributed by atoms with Crippen molar-refractivity contribution in [2.45, 2.75) is 19.4 Å². The van der Waals surface area contributed by atoms with Crippen molar-refractivity contribution in [1.82, 2.24) is 0 Å². The summed E-state index contributed by atoms with van der Waals surface area (Å²) in [6, 6.07) is 14.4. The number of benzene rings is 2. The normalized spacial score (nSPS) is 17.4. The molecule has 0 fully saturated rings. The third-order valence-electron chi connectivity index (χ3n) is 3.69. The first-order valence-electron chi connectivity index (χ1n) is 7.60. The van der Waals surface area contributed by atoms with Crippen LogP contribution in [-0.4, -0.2) is 15.6 Å². The van der Waals surface area contributed by atoms with Crippen molar-refractivity contribution in [3.63, 3.8) is 0 Å². The number of anilines is 1. The Morgan fingerprint density at radius 3 is 2.40 bits per heavy atom. The zero-order valence-electron chi connectivity index (χ0n) is 13.7. The van der Waals surface area contributed by atoms with Gasteiger partial charge in [0.25, 0.3) is 5.69 Å². The second kappa shape index (κ2) is 7.01. The smallest absolute Gasteiger partial charge is 0.269 e. The Morgan fingerprint density at radius 1 is 1.16 bits per heavy atom. The summed E-state index contributed by atoms with van der Waals surface area (Å²) in [7, 11) is 0. The minimum absolute atomic E-state index is 0.0720. The Kier molecular flexibility index (Phi) is 4.96. The van der Waals surface area contributed by atoms with Gasteiger partial charge in [-0.15, -0.1) is 0 Å². The third-order valence-corrected chi connectivity index (χ3v) is 5.44. The number of nitrogens with zero attached hydrogens (tertiary/aromatic N) is 2. The molecule has 0 saturated carbocycles. The first-order valence-corrected chi connectivity index (χ1v) is 9.21. The molecule has 3 rings (SSSR count). The molecule has 7 heteroatoms. The Hall–Kier alpha value is -2.12. The number of halogens is 1. The fraction of sp³-hybridized carbons (Fsp3) is 0.167. The van der Waals surface area contributed by atoms with Crippen LogP contribution in [0.1, 0.15) is 19.4 Å². The molecule has 0 aliphatic carbocycles. The number of non-ortho nitro benzene ring substituents is 1. The lowest BCUT2D eigenvalue weighted by Crippen LogP contribution is -2.14. The van der Waals surface area contributed by atoms with E-state index in [1.165, 1.54) is 12.1 Å². The van der Waals surface area contributed by atoms with Gasteiger partial charge in [-0.25, -0.2) is 0 Å². The third kappa shape index (κ3) is 4.29. The summed E-state index contributed by atoms with van der Waals surface area (Å²) >= 11 is 5.02. The molecule has 0 aromatic heterocycles. The molecule has 1 heterocycles. The van der Waals surface area contributed by atoms with Crippen molar-refractivity contribution in [3.8, 4) is 0 Å². The summed E-state index contributed by atoms with van der Waals surface area (Å²) in [6.07, 6.45) is 2.13. The largest absolute Gasteiger partial charge is 0.335 e. The topological polar surface area (TPSA) is 67.5 Å². The maximum absolute atomic E-state index is 10.7. The molecule has 1 aliphatic heterocycles. The summed E-state index contributed by atoms with van der Waals surface area (Å²) in [5.41, 5.74) is 1.65. The van der Waals surface area contributed by atoms with Crippen LogP contribution in [0.4, 0.5) is 11.4 Å². The Morgan fingerprint density at radius 2 is 1.80 bits per heavy atom. The molecule has 1 aliphatic rings. The lowest BCUT2D eigenvalue weighted by molar-refractivity contribution is -0.384. The van der Waals surface area contributed by atoms with Gasteiger partial charge < -0.3 is 5.32 Å². The van der Waals surface area contributed by atoms with Gasteiger partial charge in [-0.2, -0.15) is 0 Å². The number of nitro benzene ring substituents is 1. The Labute approximate surface area is 158 Å². The number of nitro groups is 1. The lowest BCUT2D eigenvalue weighted by atomic mass is 10.0. The minimum atomic E-state index is -0.409. The highest BCUT2D eigenvalue weighted by Crippen LogP contribution is 2.40. The van der Waals surface area contributed by atoms with Crippen LogP contribution >= 0.6 is 27.7 Å². The predicted octanol–water partition coefficient (Wildman–Crippen LogP) is 5.69. The predicted molar refractivity (Wildman–Crippen MR) is 108 cm³/mol. The number of nitrogens with one attached hydrogen (secondary N) is 1. The molecule has 25 heavy (non-hydrogen) atoms. The molecule has 0 unspecified atom stereocenters. The molecule has 128 valence electrons. The molecule has 2 aromatic rings. The molecular weight excluding hydrogens is 402 g/mol. The maximum Gasteiger partial charge on any atom is 0.269 e. The van der Waals surface area contributed by atoms with Crippen molar-refractivity contribution in [1.29, 1.82) is 0 Å². The van der Waals surface area contributed by atoms with E-state index in [1.807, 2.05) is 12.1 Å². The zero-order valence-corrected chi connectivity index (χ0v) is 16.1. The van der Waals surface area contributed by atoms with Gasteiger partial charge in [0.2, 0.25) is 0 Å². The Bertz CT molecular complexity index is 859. The lowest BCUT2D eigenvalue weighted by Gasteiger charge is -2.15. The number of rotatable bonds is 3. The quantitative estimate of drug-likeness (QED) is 0.514. The van der Waals surface area contributed by atoms with Gasteiger partial charge in [0.1, 0.15) is 0 Å². The van der Waals surface area contributed by atoms with E-state index in [4.69, 9.17) is 4.99 Å². The van der Waals surface area contributed by atoms with E-state index in [9.17, 15) is 10.1 Å². The van der Waals surface area contributed by atoms with Gasteiger partial charge in [0.15, 0.2) is 5.17 Å². The molecule has 1 N–H and O–H groups in total.